The Bertz CT molecular complexity index is 976. The van der Waals surface area contributed by atoms with Gasteiger partial charge >= 0.3 is 6.01 Å². The number of benzene rings is 2. The molecule has 0 unspecified atom stereocenters. The molecule has 2 aromatic carbocycles. The lowest BCUT2D eigenvalue weighted by Crippen LogP contribution is -2.14. The van der Waals surface area contributed by atoms with Gasteiger partial charge in [0.15, 0.2) is 11.5 Å². The third-order valence-electron chi connectivity index (χ3n) is 4.08. The largest absolute Gasteiger partial charge is 0.497 e. The van der Waals surface area contributed by atoms with Crippen LogP contribution >= 0.6 is 0 Å². The number of rotatable bonds is 8. The van der Waals surface area contributed by atoms with E-state index >= 15 is 0 Å². The summed E-state index contributed by atoms with van der Waals surface area (Å²) in [5.74, 6) is 1.93. The molecule has 9 heteroatoms. The van der Waals surface area contributed by atoms with E-state index in [-0.39, 0.29) is 24.2 Å². The van der Waals surface area contributed by atoms with E-state index in [9.17, 15) is 4.79 Å². The Balaban J connectivity index is 1.76. The minimum absolute atomic E-state index is 0.0124. The van der Waals surface area contributed by atoms with Gasteiger partial charge in [0.05, 0.1) is 34.9 Å². The Morgan fingerprint density at radius 3 is 2.31 bits per heavy atom. The average Bonchev–Trinajstić information content (AvgIpc) is 3.20. The fraction of sp³-hybridized carbons (Fsp3) is 0.250. The summed E-state index contributed by atoms with van der Waals surface area (Å²) in [7, 11) is 6.11. The molecular formula is C20H21N3O6. The molecule has 0 spiro atoms. The zero-order valence-electron chi connectivity index (χ0n) is 16.5. The normalized spacial score (nSPS) is 10.3. The van der Waals surface area contributed by atoms with Crippen LogP contribution in [0.25, 0.3) is 11.5 Å². The average molecular weight is 399 g/mol. The molecule has 0 aliphatic heterocycles. The highest BCUT2D eigenvalue weighted by atomic mass is 16.5. The Hall–Kier alpha value is -3.75. The number of anilines is 1. The minimum Gasteiger partial charge on any atom is -0.497 e. The molecule has 3 aromatic rings. The highest BCUT2D eigenvalue weighted by Gasteiger charge is 2.18. The topological polar surface area (TPSA) is 105 Å². The first kappa shape index (κ1) is 20.0. The zero-order chi connectivity index (χ0) is 20.8. The van der Waals surface area contributed by atoms with Crippen molar-refractivity contribution >= 4 is 11.9 Å². The number of nitrogens with one attached hydrogen (secondary N) is 1. The quantitative estimate of drug-likeness (QED) is 0.616. The number of ether oxygens (including phenoxy) is 4. The molecule has 0 aliphatic carbocycles. The van der Waals surface area contributed by atoms with Gasteiger partial charge in [-0.15, -0.1) is 5.10 Å². The van der Waals surface area contributed by atoms with Crippen molar-refractivity contribution < 1.29 is 28.2 Å². The van der Waals surface area contributed by atoms with Crippen LogP contribution in [0, 0.1) is 0 Å². The number of carbonyl (C=O) groups is 1. The number of carbonyl (C=O) groups excluding carboxylic acids is 1. The van der Waals surface area contributed by atoms with Crippen LogP contribution < -0.4 is 24.3 Å². The molecule has 0 saturated carbocycles. The zero-order valence-corrected chi connectivity index (χ0v) is 16.5. The van der Waals surface area contributed by atoms with Crippen LogP contribution in [0.1, 0.15) is 5.56 Å². The number of amides is 1. The molecule has 1 N–H and O–H groups in total. The molecule has 29 heavy (non-hydrogen) atoms. The second-order valence-electron chi connectivity index (χ2n) is 5.90. The SMILES string of the molecule is COc1cccc(CC(=O)Nc2nnc(-c3cc(OC)c(OC)c(OC)c3)o2)c1. The summed E-state index contributed by atoms with van der Waals surface area (Å²) in [6.45, 7) is 0. The van der Waals surface area contributed by atoms with E-state index < -0.39 is 0 Å². The first-order chi connectivity index (χ1) is 14.1. The molecule has 3 rings (SSSR count). The summed E-state index contributed by atoms with van der Waals surface area (Å²) in [6.07, 6.45) is 0.138. The summed E-state index contributed by atoms with van der Waals surface area (Å²) in [4.78, 5) is 12.3. The molecule has 0 aliphatic rings. The molecule has 1 aromatic heterocycles. The second kappa shape index (κ2) is 8.96. The van der Waals surface area contributed by atoms with E-state index in [2.05, 4.69) is 15.5 Å². The first-order valence-corrected chi connectivity index (χ1v) is 8.64. The molecular weight excluding hydrogens is 378 g/mol. The standard InChI is InChI=1S/C20H21N3O6/c1-25-14-7-5-6-12(8-14)9-17(24)21-20-23-22-19(29-20)13-10-15(26-2)18(28-4)16(11-13)27-3/h5-8,10-11H,9H2,1-4H3,(H,21,23,24). The molecule has 0 radical (unpaired) electrons. The van der Waals surface area contributed by atoms with Crippen molar-refractivity contribution in [3.8, 4) is 34.5 Å². The molecule has 0 atom stereocenters. The lowest BCUT2D eigenvalue weighted by Gasteiger charge is -2.12. The van der Waals surface area contributed by atoms with Gasteiger partial charge in [0, 0.05) is 5.56 Å². The molecule has 0 bridgehead atoms. The van der Waals surface area contributed by atoms with Crippen molar-refractivity contribution in [2.45, 2.75) is 6.42 Å². The van der Waals surface area contributed by atoms with E-state index in [0.29, 0.717) is 28.6 Å². The van der Waals surface area contributed by atoms with Gasteiger partial charge < -0.3 is 23.4 Å². The van der Waals surface area contributed by atoms with Crippen molar-refractivity contribution in [1.82, 2.24) is 10.2 Å². The predicted molar refractivity (Wildman–Crippen MR) is 105 cm³/mol. The summed E-state index contributed by atoms with van der Waals surface area (Å²) in [5.41, 5.74) is 1.35. The second-order valence-corrected chi connectivity index (χ2v) is 5.90. The lowest BCUT2D eigenvalue weighted by molar-refractivity contribution is -0.115. The molecule has 0 saturated heterocycles. The first-order valence-electron chi connectivity index (χ1n) is 8.64. The fourth-order valence-corrected chi connectivity index (χ4v) is 2.73. The number of hydrogen-bond acceptors (Lipinski definition) is 8. The van der Waals surface area contributed by atoms with Crippen LogP contribution in [0.3, 0.4) is 0 Å². The third kappa shape index (κ3) is 4.57. The predicted octanol–water partition coefficient (Wildman–Crippen LogP) is 2.95. The van der Waals surface area contributed by atoms with Crippen molar-refractivity contribution in [3.05, 3.63) is 42.0 Å². The maximum Gasteiger partial charge on any atom is 0.322 e. The Labute approximate surface area is 167 Å². The van der Waals surface area contributed by atoms with Crippen molar-refractivity contribution in [2.75, 3.05) is 33.8 Å². The maximum atomic E-state index is 12.3. The number of nitrogens with zero attached hydrogens (tertiary/aromatic N) is 2. The number of hydrogen-bond donors (Lipinski definition) is 1. The van der Waals surface area contributed by atoms with E-state index in [1.807, 2.05) is 18.2 Å². The summed E-state index contributed by atoms with van der Waals surface area (Å²) < 4.78 is 26.7. The summed E-state index contributed by atoms with van der Waals surface area (Å²) in [6, 6.07) is 10.6. The molecule has 0 fully saturated rings. The van der Waals surface area contributed by atoms with Crippen molar-refractivity contribution in [1.29, 1.82) is 0 Å². The van der Waals surface area contributed by atoms with Crippen molar-refractivity contribution in [3.63, 3.8) is 0 Å². The number of methoxy groups -OCH3 is 4. The number of aromatic nitrogens is 2. The van der Waals surface area contributed by atoms with E-state index in [0.717, 1.165) is 5.56 Å². The van der Waals surface area contributed by atoms with Crippen LogP contribution in [-0.2, 0) is 11.2 Å². The third-order valence-corrected chi connectivity index (χ3v) is 4.08. The Kier molecular flexibility index (Phi) is 6.18. The maximum absolute atomic E-state index is 12.3. The van der Waals surface area contributed by atoms with E-state index in [1.54, 1.807) is 25.3 Å². The highest BCUT2D eigenvalue weighted by Crippen LogP contribution is 2.41. The van der Waals surface area contributed by atoms with Crippen LogP contribution in [0.15, 0.2) is 40.8 Å². The molecule has 9 nitrogen and oxygen atoms in total. The van der Waals surface area contributed by atoms with Crippen molar-refractivity contribution in [2.24, 2.45) is 0 Å². The van der Waals surface area contributed by atoms with E-state index in [1.165, 1.54) is 21.3 Å². The van der Waals surface area contributed by atoms with E-state index in [4.69, 9.17) is 23.4 Å². The van der Waals surface area contributed by atoms with Gasteiger partial charge in [-0.3, -0.25) is 10.1 Å². The monoisotopic (exact) mass is 399 g/mol. The molecule has 152 valence electrons. The van der Waals surface area contributed by atoms with Gasteiger partial charge in [0.1, 0.15) is 5.75 Å². The van der Waals surface area contributed by atoms with Crippen LogP contribution in [0.4, 0.5) is 6.01 Å². The molecule has 1 amide bonds. The van der Waals surface area contributed by atoms with Gasteiger partial charge in [-0.05, 0) is 29.8 Å². The van der Waals surface area contributed by atoms with Gasteiger partial charge in [-0.1, -0.05) is 17.2 Å². The summed E-state index contributed by atoms with van der Waals surface area (Å²) >= 11 is 0. The van der Waals surface area contributed by atoms with Crippen LogP contribution in [-0.4, -0.2) is 44.5 Å². The van der Waals surface area contributed by atoms with Gasteiger partial charge in [0.2, 0.25) is 17.5 Å². The summed E-state index contributed by atoms with van der Waals surface area (Å²) in [5, 5.41) is 10.4. The van der Waals surface area contributed by atoms with Gasteiger partial charge in [-0.2, -0.15) is 0 Å². The lowest BCUT2D eigenvalue weighted by atomic mass is 10.1. The fourth-order valence-electron chi connectivity index (χ4n) is 2.73. The minimum atomic E-state index is -0.293. The van der Waals surface area contributed by atoms with Gasteiger partial charge in [0.25, 0.3) is 0 Å². The smallest absolute Gasteiger partial charge is 0.322 e. The highest BCUT2D eigenvalue weighted by molar-refractivity contribution is 5.90. The Morgan fingerprint density at radius 1 is 0.966 bits per heavy atom. The Morgan fingerprint density at radius 2 is 1.69 bits per heavy atom. The van der Waals surface area contributed by atoms with Gasteiger partial charge in [-0.25, -0.2) is 0 Å². The van der Waals surface area contributed by atoms with Crippen LogP contribution in [0.2, 0.25) is 0 Å². The van der Waals surface area contributed by atoms with Crippen LogP contribution in [0.5, 0.6) is 23.0 Å². The molecule has 1 heterocycles.